The van der Waals surface area contributed by atoms with Crippen LogP contribution in [0.25, 0.3) is 0 Å². The Labute approximate surface area is 100 Å². The fourth-order valence-electron chi connectivity index (χ4n) is 1.33. The van der Waals surface area contributed by atoms with Gasteiger partial charge in [0.15, 0.2) is 5.78 Å². The second-order valence-electron chi connectivity index (χ2n) is 3.43. The Bertz CT molecular complexity index is 434. The van der Waals surface area contributed by atoms with Crippen molar-refractivity contribution in [1.82, 2.24) is 0 Å². The second-order valence-corrected chi connectivity index (χ2v) is 3.84. The van der Waals surface area contributed by atoms with Gasteiger partial charge in [-0.3, -0.25) is 4.79 Å². The highest BCUT2D eigenvalue weighted by atomic mass is 32.1. The van der Waals surface area contributed by atoms with Gasteiger partial charge in [-0.2, -0.15) is 0 Å². The van der Waals surface area contributed by atoms with Crippen LogP contribution in [-0.4, -0.2) is 10.8 Å². The first kappa shape index (κ1) is 12.4. The highest BCUT2D eigenvalue weighted by Gasteiger charge is 2.12. The number of allylic oxidation sites excluding steroid dienone is 1. The maximum absolute atomic E-state index is 11.4. The first-order valence-electron chi connectivity index (χ1n) is 4.86. The van der Waals surface area contributed by atoms with Gasteiger partial charge >= 0.3 is 0 Å². The molecule has 0 atom stereocenters. The summed E-state index contributed by atoms with van der Waals surface area (Å²) in [5, 5.41) is 2.98. The number of benzene rings is 1. The van der Waals surface area contributed by atoms with E-state index in [4.69, 9.17) is 18.0 Å². The number of nitrogens with two attached hydrogens (primary N) is 1. The molecule has 0 fully saturated rings. The molecule has 0 heterocycles. The molecule has 0 unspecified atom stereocenters. The van der Waals surface area contributed by atoms with E-state index in [2.05, 4.69) is 5.32 Å². The van der Waals surface area contributed by atoms with Crippen LogP contribution in [0.15, 0.2) is 41.6 Å². The molecule has 4 heteroatoms. The zero-order valence-electron chi connectivity index (χ0n) is 9.28. The van der Waals surface area contributed by atoms with E-state index in [0.717, 1.165) is 5.69 Å². The Hall–Kier alpha value is -1.68. The molecule has 0 amide bonds. The molecular formula is C12H14N2OS. The minimum absolute atomic E-state index is 0.131. The number of ketones is 1. The summed E-state index contributed by atoms with van der Waals surface area (Å²) < 4.78 is 0. The molecule has 0 saturated carbocycles. The maximum atomic E-state index is 11.4. The van der Waals surface area contributed by atoms with E-state index in [0.29, 0.717) is 16.3 Å². The predicted molar refractivity (Wildman–Crippen MR) is 70.2 cm³/mol. The van der Waals surface area contributed by atoms with Crippen LogP contribution in [0.3, 0.4) is 0 Å². The minimum Gasteiger partial charge on any atom is -0.402 e. The molecule has 0 aliphatic carbocycles. The van der Waals surface area contributed by atoms with Gasteiger partial charge in [-0.1, -0.05) is 30.4 Å². The average molecular weight is 234 g/mol. The molecule has 1 aromatic rings. The number of rotatable bonds is 3. The number of Topliss-reactive ketones (excluding diaryl/α,β-unsaturated/α-hetero) is 1. The van der Waals surface area contributed by atoms with Gasteiger partial charge in [-0.05, 0) is 26.0 Å². The molecule has 0 saturated heterocycles. The Morgan fingerprint density at radius 1 is 1.25 bits per heavy atom. The van der Waals surface area contributed by atoms with Crippen molar-refractivity contribution in [1.29, 1.82) is 0 Å². The molecular weight excluding hydrogens is 220 g/mol. The van der Waals surface area contributed by atoms with E-state index < -0.39 is 0 Å². The number of hydrogen-bond donors (Lipinski definition) is 2. The number of para-hydroxylation sites is 1. The Balaban J connectivity index is 2.88. The van der Waals surface area contributed by atoms with Gasteiger partial charge in [0.05, 0.1) is 5.57 Å². The van der Waals surface area contributed by atoms with Crippen molar-refractivity contribution in [2.45, 2.75) is 13.8 Å². The number of anilines is 1. The Morgan fingerprint density at radius 3 is 2.25 bits per heavy atom. The number of thiocarbonyl (C=S) groups is 1. The summed E-state index contributed by atoms with van der Waals surface area (Å²) in [7, 11) is 0. The van der Waals surface area contributed by atoms with E-state index in [1.54, 1.807) is 6.92 Å². The summed E-state index contributed by atoms with van der Waals surface area (Å²) in [6, 6.07) is 9.42. The van der Waals surface area contributed by atoms with Gasteiger partial charge in [0.2, 0.25) is 0 Å². The fraction of sp³-hybridized carbons (Fsp3) is 0.167. The number of carbonyl (C=O) groups excluding carboxylic acids is 1. The highest BCUT2D eigenvalue weighted by molar-refractivity contribution is 7.81. The summed E-state index contributed by atoms with van der Waals surface area (Å²) in [6.07, 6.45) is 0. The molecule has 0 aromatic heterocycles. The van der Waals surface area contributed by atoms with Crippen molar-refractivity contribution in [3.8, 4) is 0 Å². The summed E-state index contributed by atoms with van der Waals surface area (Å²) in [5.74, 6) is -0.131. The minimum atomic E-state index is -0.131. The van der Waals surface area contributed by atoms with Gasteiger partial charge in [-0.25, -0.2) is 0 Å². The summed E-state index contributed by atoms with van der Waals surface area (Å²) in [6.45, 7) is 3.11. The average Bonchev–Trinajstić information content (AvgIpc) is 2.17. The van der Waals surface area contributed by atoms with Gasteiger partial charge in [0.25, 0.3) is 0 Å². The predicted octanol–water partition coefficient (Wildman–Crippen LogP) is 2.25. The zero-order valence-corrected chi connectivity index (χ0v) is 10.1. The highest BCUT2D eigenvalue weighted by Crippen LogP contribution is 2.10. The zero-order chi connectivity index (χ0) is 12.1. The molecule has 3 nitrogen and oxygen atoms in total. The van der Waals surface area contributed by atoms with E-state index in [1.165, 1.54) is 6.92 Å². The quantitative estimate of drug-likeness (QED) is 0.622. The lowest BCUT2D eigenvalue weighted by Gasteiger charge is -2.10. The first-order valence-corrected chi connectivity index (χ1v) is 5.27. The lowest BCUT2D eigenvalue weighted by molar-refractivity contribution is -0.113. The van der Waals surface area contributed by atoms with E-state index in [-0.39, 0.29) is 5.78 Å². The van der Waals surface area contributed by atoms with Crippen molar-refractivity contribution < 1.29 is 4.79 Å². The smallest absolute Gasteiger partial charge is 0.164 e. The number of carbonyl (C=O) groups is 1. The van der Waals surface area contributed by atoms with Gasteiger partial charge < -0.3 is 11.1 Å². The topological polar surface area (TPSA) is 55.1 Å². The van der Waals surface area contributed by atoms with Crippen molar-refractivity contribution >= 4 is 28.7 Å². The molecule has 1 rings (SSSR count). The lowest BCUT2D eigenvalue weighted by Crippen LogP contribution is -2.20. The summed E-state index contributed by atoms with van der Waals surface area (Å²) in [5.41, 5.74) is 7.27. The van der Waals surface area contributed by atoms with Crippen molar-refractivity contribution in [2.24, 2.45) is 5.73 Å². The van der Waals surface area contributed by atoms with Crippen LogP contribution in [0.4, 0.5) is 5.69 Å². The van der Waals surface area contributed by atoms with Crippen LogP contribution >= 0.6 is 12.2 Å². The third kappa shape index (κ3) is 3.17. The van der Waals surface area contributed by atoms with Gasteiger partial charge in [0.1, 0.15) is 4.99 Å². The van der Waals surface area contributed by atoms with Crippen molar-refractivity contribution in [2.75, 3.05) is 5.32 Å². The standard InChI is InChI=1S/C12H14N2OS/c1-8(13)11(9(2)15)12(16)14-10-6-4-3-5-7-10/h3-7H,13H2,1-2H3,(H,14,16)/b11-8+. The van der Waals surface area contributed by atoms with Crippen LogP contribution < -0.4 is 11.1 Å². The van der Waals surface area contributed by atoms with E-state index in [1.807, 2.05) is 30.3 Å². The molecule has 0 aliphatic rings. The fourth-order valence-corrected chi connectivity index (χ4v) is 1.75. The SMILES string of the molecule is CC(=O)/C(C(=S)Nc1ccccc1)=C(/C)N. The van der Waals surface area contributed by atoms with Gasteiger partial charge in [0, 0.05) is 11.4 Å². The summed E-state index contributed by atoms with van der Waals surface area (Å²) in [4.78, 5) is 11.7. The third-order valence-corrected chi connectivity index (χ3v) is 2.31. The Morgan fingerprint density at radius 2 is 1.81 bits per heavy atom. The number of nitrogens with one attached hydrogen (secondary N) is 1. The second kappa shape index (κ2) is 5.42. The number of hydrogen-bond acceptors (Lipinski definition) is 3. The molecule has 3 N–H and O–H groups in total. The van der Waals surface area contributed by atoms with E-state index in [9.17, 15) is 4.79 Å². The first-order chi connectivity index (χ1) is 7.52. The van der Waals surface area contributed by atoms with Crippen molar-refractivity contribution in [3.05, 3.63) is 41.6 Å². The maximum Gasteiger partial charge on any atom is 0.164 e. The molecule has 1 aromatic carbocycles. The molecule has 84 valence electrons. The molecule has 16 heavy (non-hydrogen) atoms. The largest absolute Gasteiger partial charge is 0.402 e. The van der Waals surface area contributed by atoms with E-state index >= 15 is 0 Å². The molecule has 0 radical (unpaired) electrons. The third-order valence-electron chi connectivity index (χ3n) is 2.01. The molecule has 0 aliphatic heterocycles. The van der Waals surface area contributed by atoms with Crippen molar-refractivity contribution in [3.63, 3.8) is 0 Å². The Kier molecular flexibility index (Phi) is 4.19. The van der Waals surface area contributed by atoms with Gasteiger partial charge in [-0.15, -0.1) is 0 Å². The van der Waals surface area contributed by atoms with Crippen LogP contribution in [0.5, 0.6) is 0 Å². The molecule has 0 spiro atoms. The van der Waals surface area contributed by atoms with Crippen LogP contribution in [0, 0.1) is 0 Å². The lowest BCUT2D eigenvalue weighted by atomic mass is 10.1. The normalized spacial score (nSPS) is 11.6. The monoisotopic (exact) mass is 234 g/mol. The van der Waals surface area contributed by atoms with Crippen LogP contribution in [0.1, 0.15) is 13.8 Å². The summed E-state index contributed by atoms with van der Waals surface area (Å²) >= 11 is 5.14. The van der Waals surface area contributed by atoms with Crippen LogP contribution in [0.2, 0.25) is 0 Å². The molecule has 0 bridgehead atoms. The van der Waals surface area contributed by atoms with Crippen LogP contribution in [-0.2, 0) is 4.79 Å².